The van der Waals surface area contributed by atoms with Crippen molar-refractivity contribution in [3.63, 3.8) is 0 Å². The van der Waals surface area contributed by atoms with E-state index >= 15 is 0 Å². The lowest BCUT2D eigenvalue weighted by Crippen LogP contribution is -2.54. The Morgan fingerprint density at radius 2 is 2.05 bits per heavy atom. The number of hydrogen-bond donors (Lipinski definition) is 2. The number of carbonyl (C=O) groups is 2. The quantitative estimate of drug-likeness (QED) is 0.705. The van der Waals surface area contributed by atoms with Gasteiger partial charge in [-0.05, 0) is 39.2 Å². The van der Waals surface area contributed by atoms with Gasteiger partial charge in [0, 0.05) is 12.1 Å². The normalized spacial score (nSPS) is 12.6. The van der Waals surface area contributed by atoms with Crippen LogP contribution < -0.4 is 5.32 Å². The molecule has 0 heterocycles. The third-order valence-electron chi connectivity index (χ3n) is 2.57. The summed E-state index contributed by atoms with van der Waals surface area (Å²) in [5.74, 6) is -0.316. The number of carboxylic acid groups (broad SMARTS) is 1. The number of amides is 2. The number of urea groups is 1. The van der Waals surface area contributed by atoms with Crippen molar-refractivity contribution < 1.29 is 14.7 Å². The second-order valence-electron chi connectivity index (χ2n) is 5.19. The molecule has 0 bridgehead atoms. The lowest BCUT2D eigenvalue weighted by molar-refractivity contribution is -0.139. The smallest absolute Gasteiger partial charge is 0.326 e. The van der Waals surface area contributed by atoms with Crippen molar-refractivity contribution in [2.24, 2.45) is 0 Å². The Morgan fingerprint density at radius 1 is 1.47 bits per heavy atom. The van der Waals surface area contributed by atoms with Crippen molar-refractivity contribution in [3.8, 4) is 0 Å². The number of rotatable bonds is 7. The summed E-state index contributed by atoms with van der Waals surface area (Å²) in [5.41, 5.74) is -0.388. The molecule has 0 aromatic rings. The van der Waals surface area contributed by atoms with Gasteiger partial charge >= 0.3 is 12.0 Å². The van der Waals surface area contributed by atoms with E-state index in [0.29, 0.717) is 18.7 Å². The van der Waals surface area contributed by atoms with Crippen LogP contribution in [0.3, 0.4) is 0 Å². The molecule has 0 aliphatic carbocycles. The van der Waals surface area contributed by atoms with Crippen molar-refractivity contribution in [2.45, 2.75) is 38.8 Å². The minimum Gasteiger partial charge on any atom is -0.480 e. The van der Waals surface area contributed by atoms with Gasteiger partial charge in [0.1, 0.15) is 6.04 Å². The summed E-state index contributed by atoms with van der Waals surface area (Å²) in [6, 6.07) is -1.23. The Kier molecular flexibility index (Phi) is 7.59. The molecule has 19 heavy (non-hydrogen) atoms. The van der Waals surface area contributed by atoms with Crippen molar-refractivity contribution in [2.75, 3.05) is 18.6 Å². The summed E-state index contributed by atoms with van der Waals surface area (Å²) in [7, 11) is 0. The molecule has 0 fully saturated rings. The Morgan fingerprint density at radius 3 is 2.42 bits per heavy atom. The van der Waals surface area contributed by atoms with E-state index in [0.717, 1.165) is 0 Å². The fourth-order valence-electron chi connectivity index (χ4n) is 1.51. The van der Waals surface area contributed by atoms with Gasteiger partial charge in [0.15, 0.2) is 0 Å². The maximum Gasteiger partial charge on any atom is 0.326 e. The summed E-state index contributed by atoms with van der Waals surface area (Å²) >= 11 is 1.55. The summed E-state index contributed by atoms with van der Waals surface area (Å²) in [5, 5.41) is 11.7. The average molecular weight is 288 g/mol. The van der Waals surface area contributed by atoms with E-state index in [1.807, 2.05) is 27.0 Å². The number of hydrogen-bond acceptors (Lipinski definition) is 3. The van der Waals surface area contributed by atoms with Gasteiger partial charge in [0.2, 0.25) is 0 Å². The molecule has 0 aliphatic rings. The van der Waals surface area contributed by atoms with Crippen LogP contribution in [0.1, 0.15) is 27.2 Å². The second kappa shape index (κ2) is 8.09. The molecule has 6 heteroatoms. The van der Waals surface area contributed by atoms with Gasteiger partial charge in [-0.15, -0.1) is 6.58 Å². The minimum atomic E-state index is -1.00. The molecular weight excluding hydrogens is 264 g/mol. The van der Waals surface area contributed by atoms with Gasteiger partial charge < -0.3 is 15.3 Å². The SMILES string of the molecule is C=CCN(C(=O)N[C@@H](CCSC)C(=O)O)C(C)(C)C. The van der Waals surface area contributed by atoms with E-state index in [1.54, 1.807) is 22.7 Å². The highest BCUT2D eigenvalue weighted by Gasteiger charge is 2.28. The molecular formula is C13H24N2O3S. The Balaban J connectivity index is 4.75. The van der Waals surface area contributed by atoms with Gasteiger partial charge in [-0.1, -0.05) is 6.08 Å². The first kappa shape index (κ1) is 17.8. The summed E-state index contributed by atoms with van der Waals surface area (Å²) in [6.45, 7) is 9.69. The number of carbonyl (C=O) groups excluding carboxylic acids is 1. The summed E-state index contributed by atoms with van der Waals surface area (Å²) in [6.07, 6.45) is 3.94. The maximum atomic E-state index is 12.2. The molecule has 0 saturated heterocycles. The Bertz CT molecular complexity index is 326. The van der Waals surface area contributed by atoms with Crippen LogP contribution in [-0.4, -0.2) is 52.1 Å². The first-order chi connectivity index (χ1) is 8.73. The van der Waals surface area contributed by atoms with Crippen molar-refractivity contribution in [1.82, 2.24) is 10.2 Å². The molecule has 0 radical (unpaired) electrons. The average Bonchev–Trinajstić information content (AvgIpc) is 2.29. The number of aliphatic carboxylic acids is 1. The molecule has 0 saturated carbocycles. The summed E-state index contributed by atoms with van der Waals surface area (Å²) < 4.78 is 0. The van der Waals surface area contributed by atoms with E-state index in [1.165, 1.54) is 0 Å². The second-order valence-corrected chi connectivity index (χ2v) is 6.18. The van der Waals surface area contributed by atoms with Crippen LogP contribution in [0.15, 0.2) is 12.7 Å². The Hall–Kier alpha value is -1.17. The zero-order chi connectivity index (χ0) is 15.1. The van der Waals surface area contributed by atoms with Gasteiger partial charge in [-0.3, -0.25) is 0 Å². The van der Waals surface area contributed by atoms with Crippen molar-refractivity contribution >= 4 is 23.8 Å². The predicted molar refractivity (Wildman–Crippen MR) is 79.6 cm³/mol. The van der Waals surface area contributed by atoms with Gasteiger partial charge in [0.05, 0.1) is 0 Å². The van der Waals surface area contributed by atoms with Crippen LogP contribution >= 0.6 is 11.8 Å². The number of nitrogens with zero attached hydrogens (tertiary/aromatic N) is 1. The van der Waals surface area contributed by atoms with E-state index in [9.17, 15) is 9.59 Å². The number of thioether (sulfide) groups is 1. The van der Waals surface area contributed by atoms with Gasteiger partial charge in [-0.25, -0.2) is 9.59 Å². The molecule has 2 N–H and O–H groups in total. The van der Waals surface area contributed by atoms with Crippen LogP contribution in [-0.2, 0) is 4.79 Å². The highest BCUT2D eigenvalue weighted by Crippen LogP contribution is 2.13. The van der Waals surface area contributed by atoms with Crippen LogP contribution in [0, 0.1) is 0 Å². The van der Waals surface area contributed by atoms with E-state index in [4.69, 9.17) is 5.11 Å². The minimum absolute atomic E-state index is 0.374. The topological polar surface area (TPSA) is 69.6 Å². The number of carboxylic acids is 1. The predicted octanol–water partition coefficient (Wildman–Crippen LogP) is 2.19. The fraction of sp³-hybridized carbons (Fsp3) is 0.692. The highest BCUT2D eigenvalue weighted by molar-refractivity contribution is 7.98. The van der Waals surface area contributed by atoms with Crippen LogP contribution in [0.4, 0.5) is 4.79 Å². The van der Waals surface area contributed by atoms with E-state index in [-0.39, 0.29) is 11.6 Å². The molecule has 0 aromatic heterocycles. The molecule has 0 rings (SSSR count). The van der Waals surface area contributed by atoms with E-state index < -0.39 is 12.0 Å². The van der Waals surface area contributed by atoms with Gasteiger partial charge in [-0.2, -0.15) is 11.8 Å². The first-order valence-electron chi connectivity index (χ1n) is 6.14. The molecule has 5 nitrogen and oxygen atoms in total. The van der Waals surface area contributed by atoms with E-state index in [2.05, 4.69) is 11.9 Å². The molecule has 2 amide bonds. The first-order valence-corrected chi connectivity index (χ1v) is 7.54. The Labute approximate surface area is 119 Å². The summed E-state index contributed by atoms with van der Waals surface area (Å²) in [4.78, 5) is 24.8. The largest absolute Gasteiger partial charge is 0.480 e. The monoisotopic (exact) mass is 288 g/mol. The molecule has 0 unspecified atom stereocenters. The van der Waals surface area contributed by atoms with Gasteiger partial charge in [0.25, 0.3) is 0 Å². The maximum absolute atomic E-state index is 12.2. The highest BCUT2D eigenvalue weighted by atomic mass is 32.2. The van der Waals surface area contributed by atoms with Crippen LogP contribution in [0.25, 0.3) is 0 Å². The third kappa shape index (κ3) is 6.52. The molecule has 1 atom stereocenters. The van der Waals surface area contributed by atoms with Crippen molar-refractivity contribution in [3.05, 3.63) is 12.7 Å². The lowest BCUT2D eigenvalue weighted by Gasteiger charge is -2.35. The van der Waals surface area contributed by atoms with Crippen LogP contribution in [0.5, 0.6) is 0 Å². The third-order valence-corrected chi connectivity index (χ3v) is 3.22. The lowest BCUT2D eigenvalue weighted by atomic mass is 10.1. The molecule has 0 spiro atoms. The standard InChI is InChI=1S/C13H24N2O3S/c1-6-8-15(13(2,3)4)12(18)14-10(11(16)17)7-9-19-5/h6,10H,1,7-9H2,2-5H3,(H,14,18)(H,16,17)/t10-/m0/s1. The number of nitrogens with one attached hydrogen (secondary N) is 1. The molecule has 0 aliphatic heterocycles. The zero-order valence-corrected chi connectivity index (χ0v) is 12.9. The fourth-order valence-corrected chi connectivity index (χ4v) is 1.98. The molecule has 110 valence electrons. The zero-order valence-electron chi connectivity index (χ0n) is 12.1. The molecule has 0 aromatic carbocycles. The van der Waals surface area contributed by atoms with Crippen LogP contribution in [0.2, 0.25) is 0 Å². The van der Waals surface area contributed by atoms with Crippen molar-refractivity contribution in [1.29, 1.82) is 0 Å².